The third-order valence-electron chi connectivity index (χ3n) is 7.28. The Morgan fingerprint density at radius 3 is 1.65 bits per heavy atom. The van der Waals surface area contributed by atoms with Crippen molar-refractivity contribution in [3.8, 4) is 0 Å². The first-order valence-corrected chi connectivity index (χ1v) is 11.2. The molecule has 0 radical (unpaired) electrons. The highest BCUT2D eigenvalue weighted by molar-refractivity contribution is 7.80. The molecule has 2 unspecified atom stereocenters. The van der Waals surface area contributed by atoms with Crippen molar-refractivity contribution in [1.29, 1.82) is 0 Å². The molecule has 0 saturated heterocycles. The maximum Gasteiger partial charge on any atom is -0.00357 e. The van der Waals surface area contributed by atoms with Gasteiger partial charge in [0.15, 0.2) is 0 Å². The van der Waals surface area contributed by atoms with Crippen LogP contribution in [0.15, 0.2) is 0 Å². The highest BCUT2D eigenvalue weighted by Gasteiger charge is 2.61. The van der Waals surface area contributed by atoms with E-state index in [2.05, 4.69) is 20.8 Å². The van der Waals surface area contributed by atoms with Crippen LogP contribution in [-0.2, 0) is 0 Å². The summed E-state index contributed by atoms with van der Waals surface area (Å²) < 4.78 is 0. The first-order valence-electron chi connectivity index (χ1n) is 10.5. The molecule has 2 fully saturated rings. The Hall–Kier alpha value is 0.350. The Balaban J connectivity index is 1.87. The van der Waals surface area contributed by atoms with E-state index in [1.807, 2.05) is 0 Å². The van der Waals surface area contributed by atoms with Gasteiger partial charge in [-0.3, -0.25) is 0 Å². The highest BCUT2D eigenvalue weighted by Crippen LogP contribution is 2.69. The van der Waals surface area contributed by atoms with Crippen LogP contribution in [0, 0.1) is 16.2 Å². The van der Waals surface area contributed by atoms with Gasteiger partial charge in [0, 0.05) is 0 Å². The van der Waals surface area contributed by atoms with E-state index >= 15 is 0 Å². The molecule has 0 aliphatic heterocycles. The molecule has 0 N–H and O–H groups in total. The number of rotatable bonds is 1. The van der Waals surface area contributed by atoms with Crippen LogP contribution in [0.2, 0.25) is 0 Å². The van der Waals surface area contributed by atoms with Gasteiger partial charge in [0.1, 0.15) is 0 Å². The van der Waals surface area contributed by atoms with Crippen LogP contribution < -0.4 is 0 Å². The van der Waals surface area contributed by atoms with E-state index in [0.717, 1.165) is 5.75 Å². The van der Waals surface area contributed by atoms with Gasteiger partial charge >= 0.3 is 0 Å². The number of hydrogen-bond acceptors (Lipinski definition) is 1. The summed E-state index contributed by atoms with van der Waals surface area (Å²) in [5.74, 6) is 1.12. The Morgan fingerprint density at radius 2 is 1.09 bits per heavy atom. The van der Waals surface area contributed by atoms with Gasteiger partial charge in [0.2, 0.25) is 0 Å². The lowest BCUT2D eigenvalue weighted by Gasteiger charge is -2.27. The maximum atomic E-state index is 4.77. The summed E-state index contributed by atoms with van der Waals surface area (Å²) in [6.45, 7) is 7.56. The zero-order valence-corrected chi connectivity index (χ0v) is 17.2. The second-order valence-corrected chi connectivity index (χ2v) is 10.2. The highest BCUT2D eigenvalue weighted by atomic mass is 32.1. The second kappa shape index (κ2) is 8.63. The molecule has 0 bridgehead atoms. The minimum atomic E-state index is 0.553. The lowest BCUT2D eigenvalue weighted by Crippen LogP contribution is -2.16. The number of thiol groups is 1. The van der Waals surface area contributed by atoms with Gasteiger partial charge in [-0.1, -0.05) is 85.0 Å². The molecule has 0 aromatic carbocycles. The van der Waals surface area contributed by atoms with Gasteiger partial charge in [-0.15, -0.1) is 0 Å². The van der Waals surface area contributed by atoms with Crippen LogP contribution in [-0.4, -0.2) is 5.75 Å². The zero-order valence-electron chi connectivity index (χ0n) is 16.3. The van der Waals surface area contributed by atoms with Crippen LogP contribution in [0.4, 0.5) is 0 Å². The molecule has 2 atom stereocenters. The normalized spacial score (nSPS) is 37.6. The Labute approximate surface area is 152 Å². The van der Waals surface area contributed by atoms with Gasteiger partial charge in [-0.2, -0.15) is 12.6 Å². The summed E-state index contributed by atoms with van der Waals surface area (Å²) in [6, 6.07) is 0. The standard InChI is InChI=1S/C22H42S/c1-20(2)14-11-9-7-5-4-6-8-10-12-16-21(3)18-22(21,19-23)17-13-15-20/h23H,4-19H2,1-3H3. The molecular weight excluding hydrogens is 296 g/mol. The number of fused-ring (bicyclic) bond motifs is 1. The van der Waals surface area contributed by atoms with Crippen molar-refractivity contribution < 1.29 is 0 Å². The molecule has 0 nitrogen and oxygen atoms in total. The fraction of sp³-hybridized carbons (Fsp3) is 1.00. The van der Waals surface area contributed by atoms with Crippen LogP contribution in [0.5, 0.6) is 0 Å². The van der Waals surface area contributed by atoms with E-state index in [-0.39, 0.29) is 0 Å². The van der Waals surface area contributed by atoms with Crippen molar-refractivity contribution in [1.82, 2.24) is 0 Å². The van der Waals surface area contributed by atoms with Crippen LogP contribution in [0.3, 0.4) is 0 Å². The van der Waals surface area contributed by atoms with Crippen molar-refractivity contribution in [2.75, 3.05) is 5.75 Å². The molecule has 0 aromatic rings. The molecule has 1 heteroatoms. The van der Waals surface area contributed by atoms with Gasteiger partial charge in [0.25, 0.3) is 0 Å². The quantitative estimate of drug-likeness (QED) is 0.463. The molecule has 2 saturated carbocycles. The van der Waals surface area contributed by atoms with Crippen molar-refractivity contribution in [2.45, 2.75) is 117 Å². The molecule has 0 heterocycles. The molecule has 0 spiro atoms. The minimum Gasteiger partial charge on any atom is -0.179 e. The smallest absolute Gasteiger partial charge is 0.00357 e. The van der Waals surface area contributed by atoms with Gasteiger partial charge in [0.05, 0.1) is 0 Å². The fourth-order valence-electron chi connectivity index (χ4n) is 5.16. The van der Waals surface area contributed by atoms with Gasteiger partial charge < -0.3 is 0 Å². The van der Waals surface area contributed by atoms with Crippen LogP contribution >= 0.6 is 12.6 Å². The zero-order chi connectivity index (χ0) is 16.8. The topological polar surface area (TPSA) is 0 Å². The van der Waals surface area contributed by atoms with Crippen molar-refractivity contribution in [2.24, 2.45) is 16.2 Å². The summed E-state index contributed by atoms with van der Waals surface area (Å²) in [5.41, 5.74) is 1.75. The Kier molecular flexibility index (Phi) is 7.38. The SMILES string of the molecule is CC1(C)CCCCCCCCCCCC2(C)CC2(CS)CCC1. The largest absolute Gasteiger partial charge is 0.179 e. The molecule has 136 valence electrons. The predicted octanol–water partition coefficient (Wildman–Crippen LogP) is 7.81. The first kappa shape index (κ1) is 19.7. The third-order valence-corrected chi connectivity index (χ3v) is 7.88. The number of hydrogen-bond donors (Lipinski definition) is 1. The lowest BCUT2D eigenvalue weighted by atomic mass is 9.79. The van der Waals surface area contributed by atoms with Crippen molar-refractivity contribution in [3.05, 3.63) is 0 Å². The Morgan fingerprint density at radius 1 is 0.609 bits per heavy atom. The molecular formula is C22H42S. The monoisotopic (exact) mass is 338 g/mol. The minimum absolute atomic E-state index is 0.553. The average Bonchev–Trinajstić information content (AvgIpc) is 3.09. The maximum absolute atomic E-state index is 4.77. The summed E-state index contributed by atoms with van der Waals surface area (Å²) >= 11 is 4.77. The average molecular weight is 339 g/mol. The van der Waals surface area contributed by atoms with E-state index in [4.69, 9.17) is 12.6 Å². The van der Waals surface area contributed by atoms with Gasteiger partial charge in [-0.05, 0) is 54.1 Å². The van der Waals surface area contributed by atoms with E-state index in [9.17, 15) is 0 Å². The summed E-state index contributed by atoms with van der Waals surface area (Å²) in [7, 11) is 0. The molecule has 2 aliphatic rings. The van der Waals surface area contributed by atoms with Crippen LogP contribution in [0.1, 0.15) is 117 Å². The summed E-state index contributed by atoms with van der Waals surface area (Å²) in [4.78, 5) is 0. The fourth-order valence-corrected chi connectivity index (χ4v) is 5.81. The van der Waals surface area contributed by atoms with E-state index in [0.29, 0.717) is 16.2 Å². The molecule has 23 heavy (non-hydrogen) atoms. The molecule has 2 aliphatic carbocycles. The van der Waals surface area contributed by atoms with E-state index in [1.165, 1.54) is 96.3 Å². The summed E-state index contributed by atoms with van der Waals surface area (Å²) in [6.07, 6.45) is 21.8. The van der Waals surface area contributed by atoms with Crippen molar-refractivity contribution >= 4 is 12.6 Å². The van der Waals surface area contributed by atoms with Crippen molar-refractivity contribution in [3.63, 3.8) is 0 Å². The van der Waals surface area contributed by atoms with E-state index in [1.54, 1.807) is 0 Å². The second-order valence-electron chi connectivity index (χ2n) is 9.88. The first-order chi connectivity index (χ1) is 10.9. The molecule has 0 amide bonds. The molecule has 0 aromatic heterocycles. The van der Waals surface area contributed by atoms with Crippen LogP contribution in [0.25, 0.3) is 0 Å². The predicted molar refractivity (Wildman–Crippen MR) is 107 cm³/mol. The summed E-state index contributed by atoms with van der Waals surface area (Å²) in [5, 5.41) is 0. The lowest BCUT2D eigenvalue weighted by molar-refractivity contribution is 0.259. The Bertz CT molecular complexity index is 348. The van der Waals surface area contributed by atoms with E-state index < -0.39 is 0 Å². The molecule has 2 rings (SSSR count). The van der Waals surface area contributed by atoms with Gasteiger partial charge in [-0.25, -0.2) is 0 Å². The third kappa shape index (κ3) is 5.68.